The first kappa shape index (κ1) is 11.9. The van der Waals surface area contributed by atoms with Gasteiger partial charge in [0.25, 0.3) is 0 Å². The molecule has 0 heterocycles. The lowest BCUT2D eigenvalue weighted by Gasteiger charge is -2.15. The van der Waals surface area contributed by atoms with Crippen LogP contribution in [0.5, 0.6) is 0 Å². The van der Waals surface area contributed by atoms with Crippen molar-refractivity contribution < 1.29 is 5.11 Å². The average molecular weight is 222 g/mol. The van der Waals surface area contributed by atoms with Gasteiger partial charge in [-0.2, -0.15) is 5.26 Å². The minimum Gasteiger partial charge on any atom is -0.398 e. The fourth-order valence-corrected chi connectivity index (χ4v) is 2.00. The van der Waals surface area contributed by atoms with Crippen molar-refractivity contribution in [1.82, 2.24) is 0 Å². The Balaban J connectivity index is 2.89. The molecule has 0 saturated carbocycles. The molecule has 4 heteroatoms. The predicted molar refractivity (Wildman–Crippen MR) is 62.6 cm³/mol. The molecule has 0 saturated heterocycles. The summed E-state index contributed by atoms with van der Waals surface area (Å²) in [6.45, 7) is 3.66. The summed E-state index contributed by atoms with van der Waals surface area (Å²) >= 11 is 1.48. The molecule has 0 bridgehead atoms. The Morgan fingerprint density at radius 1 is 1.47 bits per heavy atom. The number of hydrogen-bond donors (Lipinski definition) is 2. The number of hydrogen-bond acceptors (Lipinski definition) is 4. The van der Waals surface area contributed by atoms with E-state index in [1.54, 1.807) is 25.1 Å². The van der Waals surface area contributed by atoms with E-state index in [1.807, 2.05) is 6.92 Å². The maximum Gasteiger partial charge on any atom is 0.0992 e. The third-order valence-electron chi connectivity index (χ3n) is 2.13. The largest absolute Gasteiger partial charge is 0.398 e. The van der Waals surface area contributed by atoms with E-state index in [1.165, 1.54) is 11.8 Å². The second-order valence-corrected chi connectivity index (χ2v) is 4.85. The van der Waals surface area contributed by atoms with Gasteiger partial charge in [-0.3, -0.25) is 0 Å². The van der Waals surface area contributed by atoms with Crippen LogP contribution in [0.25, 0.3) is 0 Å². The SMILES string of the molecule is CC(O)C(C)Sc1cc(C#N)ccc1N. The summed E-state index contributed by atoms with van der Waals surface area (Å²) < 4.78 is 0. The van der Waals surface area contributed by atoms with E-state index in [9.17, 15) is 5.11 Å². The Morgan fingerprint density at radius 3 is 2.67 bits per heavy atom. The molecule has 15 heavy (non-hydrogen) atoms. The van der Waals surface area contributed by atoms with Crippen molar-refractivity contribution in [2.45, 2.75) is 30.1 Å². The molecule has 0 fully saturated rings. The zero-order valence-corrected chi connectivity index (χ0v) is 9.58. The fraction of sp³-hybridized carbons (Fsp3) is 0.364. The lowest BCUT2D eigenvalue weighted by atomic mass is 10.2. The molecule has 2 unspecified atom stereocenters. The lowest BCUT2D eigenvalue weighted by Crippen LogP contribution is -2.15. The number of nitrogens with zero attached hydrogens (tertiary/aromatic N) is 1. The average Bonchev–Trinajstić information content (AvgIpc) is 2.21. The van der Waals surface area contributed by atoms with Gasteiger partial charge in [-0.1, -0.05) is 6.92 Å². The van der Waals surface area contributed by atoms with Crippen molar-refractivity contribution in [1.29, 1.82) is 5.26 Å². The van der Waals surface area contributed by atoms with E-state index in [0.29, 0.717) is 11.3 Å². The molecule has 2 atom stereocenters. The van der Waals surface area contributed by atoms with Gasteiger partial charge in [0.05, 0.1) is 17.7 Å². The van der Waals surface area contributed by atoms with Crippen molar-refractivity contribution in [3.63, 3.8) is 0 Å². The van der Waals surface area contributed by atoms with Gasteiger partial charge >= 0.3 is 0 Å². The highest BCUT2D eigenvalue weighted by atomic mass is 32.2. The van der Waals surface area contributed by atoms with E-state index in [0.717, 1.165) is 4.90 Å². The quantitative estimate of drug-likeness (QED) is 0.606. The zero-order valence-electron chi connectivity index (χ0n) is 8.77. The van der Waals surface area contributed by atoms with Gasteiger partial charge in [-0.05, 0) is 25.1 Å². The minimum atomic E-state index is -0.403. The molecule has 0 amide bonds. The summed E-state index contributed by atoms with van der Waals surface area (Å²) in [4.78, 5) is 0.849. The zero-order chi connectivity index (χ0) is 11.4. The molecule has 0 spiro atoms. The molecule has 80 valence electrons. The molecule has 3 nitrogen and oxygen atoms in total. The maximum absolute atomic E-state index is 9.37. The normalized spacial score (nSPS) is 14.3. The van der Waals surface area contributed by atoms with Crippen LogP contribution in [0.1, 0.15) is 19.4 Å². The summed E-state index contributed by atoms with van der Waals surface area (Å²) in [5.41, 5.74) is 7.01. The van der Waals surface area contributed by atoms with E-state index in [4.69, 9.17) is 11.0 Å². The number of rotatable bonds is 3. The van der Waals surface area contributed by atoms with Crippen LogP contribution >= 0.6 is 11.8 Å². The van der Waals surface area contributed by atoms with Crippen molar-refractivity contribution in [3.8, 4) is 6.07 Å². The van der Waals surface area contributed by atoms with Gasteiger partial charge in [0, 0.05) is 15.8 Å². The van der Waals surface area contributed by atoms with Crippen LogP contribution in [-0.4, -0.2) is 16.5 Å². The van der Waals surface area contributed by atoms with E-state index in [-0.39, 0.29) is 5.25 Å². The molecular formula is C11H14N2OS. The van der Waals surface area contributed by atoms with Crippen LogP contribution in [0.15, 0.2) is 23.1 Å². The number of nitrogen functional groups attached to an aromatic ring is 1. The van der Waals surface area contributed by atoms with Crippen molar-refractivity contribution in [3.05, 3.63) is 23.8 Å². The summed E-state index contributed by atoms with van der Waals surface area (Å²) in [5, 5.41) is 18.2. The molecule has 0 aliphatic carbocycles. The molecule has 3 N–H and O–H groups in total. The van der Waals surface area contributed by atoms with Crippen LogP contribution in [0.4, 0.5) is 5.69 Å². The van der Waals surface area contributed by atoms with E-state index < -0.39 is 6.10 Å². The minimum absolute atomic E-state index is 0.0567. The number of thioether (sulfide) groups is 1. The molecule has 0 aliphatic rings. The Kier molecular flexibility index (Phi) is 4.01. The van der Waals surface area contributed by atoms with Gasteiger partial charge in [-0.15, -0.1) is 11.8 Å². The summed E-state index contributed by atoms with van der Waals surface area (Å²) in [6.07, 6.45) is -0.403. The summed E-state index contributed by atoms with van der Waals surface area (Å²) in [7, 11) is 0. The highest BCUT2D eigenvalue weighted by Gasteiger charge is 2.12. The van der Waals surface area contributed by atoms with Gasteiger partial charge < -0.3 is 10.8 Å². The van der Waals surface area contributed by atoms with E-state index in [2.05, 4.69) is 6.07 Å². The molecule has 1 aromatic rings. The number of aliphatic hydroxyl groups is 1. The third-order valence-corrected chi connectivity index (χ3v) is 3.51. The number of aliphatic hydroxyl groups excluding tert-OH is 1. The first-order valence-electron chi connectivity index (χ1n) is 4.69. The number of nitrogens with two attached hydrogens (primary N) is 1. The highest BCUT2D eigenvalue weighted by Crippen LogP contribution is 2.30. The van der Waals surface area contributed by atoms with Crippen molar-refractivity contribution in [2.75, 3.05) is 5.73 Å². The van der Waals surface area contributed by atoms with Gasteiger partial charge in [0.2, 0.25) is 0 Å². The van der Waals surface area contributed by atoms with Gasteiger partial charge in [-0.25, -0.2) is 0 Å². The Morgan fingerprint density at radius 2 is 2.13 bits per heavy atom. The Hall–Kier alpha value is -1.18. The Labute approximate surface area is 93.9 Å². The fourth-order valence-electron chi connectivity index (χ4n) is 1.00. The molecular weight excluding hydrogens is 208 g/mol. The van der Waals surface area contributed by atoms with Gasteiger partial charge in [0.15, 0.2) is 0 Å². The second-order valence-electron chi connectivity index (χ2n) is 3.43. The van der Waals surface area contributed by atoms with Crippen molar-refractivity contribution in [2.24, 2.45) is 0 Å². The number of benzene rings is 1. The van der Waals surface area contributed by atoms with Crippen LogP contribution < -0.4 is 5.73 Å². The third kappa shape index (κ3) is 3.15. The molecule has 1 rings (SSSR count). The molecule has 1 aromatic carbocycles. The molecule has 0 aromatic heterocycles. The van der Waals surface area contributed by atoms with E-state index >= 15 is 0 Å². The number of anilines is 1. The second kappa shape index (κ2) is 5.06. The lowest BCUT2D eigenvalue weighted by molar-refractivity contribution is 0.196. The molecule has 0 aliphatic heterocycles. The van der Waals surface area contributed by atoms with Gasteiger partial charge in [0.1, 0.15) is 0 Å². The first-order valence-corrected chi connectivity index (χ1v) is 5.57. The number of nitriles is 1. The van der Waals surface area contributed by atoms with Crippen molar-refractivity contribution >= 4 is 17.4 Å². The maximum atomic E-state index is 9.37. The Bertz CT molecular complexity index is 385. The van der Waals surface area contributed by atoms with Crippen LogP contribution in [0.2, 0.25) is 0 Å². The van der Waals surface area contributed by atoms with Crippen LogP contribution in [-0.2, 0) is 0 Å². The summed E-state index contributed by atoms with van der Waals surface area (Å²) in [6, 6.07) is 7.22. The summed E-state index contributed by atoms with van der Waals surface area (Å²) in [5.74, 6) is 0. The predicted octanol–water partition coefficient (Wildman–Crippen LogP) is 2.00. The topological polar surface area (TPSA) is 70.0 Å². The van der Waals surface area contributed by atoms with Crippen LogP contribution in [0, 0.1) is 11.3 Å². The standard InChI is InChI=1S/C11H14N2OS/c1-7(14)8(2)15-11-5-9(6-12)3-4-10(11)13/h3-5,7-8,14H,13H2,1-2H3. The van der Waals surface area contributed by atoms with Crippen LogP contribution in [0.3, 0.4) is 0 Å². The highest BCUT2D eigenvalue weighted by molar-refractivity contribution is 8.00. The first-order chi connectivity index (χ1) is 7.04. The molecule has 0 radical (unpaired) electrons. The smallest absolute Gasteiger partial charge is 0.0992 e. The monoisotopic (exact) mass is 222 g/mol.